The number of thioether (sulfide) groups is 1. The van der Waals surface area contributed by atoms with E-state index in [0.29, 0.717) is 11.3 Å². The van der Waals surface area contributed by atoms with Crippen LogP contribution in [0.1, 0.15) is 5.56 Å². The molecule has 0 unspecified atom stereocenters. The van der Waals surface area contributed by atoms with Crippen LogP contribution in [0.5, 0.6) is 11.5 Å². The molecule has 10 nitrogen and oxygen atoms in total. The van der Waals surface area contributed by atoms with Crippen LogP contribution >= 0.6 is 11.8 Å². The van der Waals surface area contributed by atoms with Crippen LogP contribution in [0.15, 0.2) is 77.7 Å². The molecule has 4 rings (SSSR count). The van der Waals surface area contributed by atoms with E-state index in [0.717, 1.165) is 34.9 Å². The molecule has 1 aliphatic rings. The number of carbonyl (C=O) groups is 2. The molecule has 0 spiro atoms. The summed E-state index contributed by atoms with van der Waals surface area (Å²) in [7, 11) is 0. The highest BCUT2D eigenvalue weighted by Crippen LogP contribution is 2.37. The molecule has 1 saturated heterocycles. The lowest BCUT2D eigenvalue weighted by Gasteiger charge is -2.11. The zero-order valence-corrected chi connectivity index (χ0v) is 17.4. The molecule has 3 aromatic carbocycles. The van der Waals surface area contributed by atoms with Gasteiger partial charge < -0.3 is 4.74 Å². The van der Waals surface area contributed by atoms with Crippen molar-refractivity contribution in [2.24, 2.45) is 0 Å². The third-order valence-electron chi connectivity index (χ3n) is 4.54. The standard InChI is InChI=1S/C22H13N3O7S/c26-21-20(33-22(27)23(21)15-6-2-1-3-7-15)12-14-5-4-8-17(11-14)32-19-10-9-16(24(28)29)13-18(19)25(30)31/h1-13H. The second-order valence-corrected chi connectivity index (χ2v) is 7.69. The van der Waals surface area contributed by atoms with Crippen LogP contribution in [-0.4, -0.2) is 21.0 Å². The molecule has 11 heteroatoms. The molecule has 0 aromatic heterocycles. The SMILES string of the molecule is O=C1SC(=Cc2cccc(Oc3ccc([N+](=O)[O-])cc3[N+](=O)[O-])c2)C(=O)N1c1ccccc1. The maximum atomic E-state index is 12.8. The molecule has 1 fully saturated rings. The van der Waals surface area contributed by atoms with Crippen molar-refractivity contribution < 1.29 is 24.2 Å². The summed E-state index contributed by atoms with van der Waals surface area (Å²) in [6, 6.07) is 18.0. The molecule has 2 amide bonds. The van der Waals surface area contributed by atoms with Gasteiger partial charge >= 0.3 is 5.69 Å². The summed E-state index contributed by atoms with van der Waals surface area (Å²) in [5, 5.41) is 21.8. The number of para-hydroxylation sites is 1. The van der Waals surface area contributed by atoms with E-state index in [4.69, 9.17) is 4.74 Å². The number of hydrogen-bond donors (Lipinski definition) is 0. The van der Waals surface area contributed by atoms with Crippen LogP contribution < -0.4 is 9.64 Å². The highest BCUT2D eigenvalue weighted by atomic mass is 32.2. The van der Waals surface area contributed by atoms with Crippen LogP contribution in [0.25, 0.3) is 6.08 Å². The Kier molecular flexibility index (Phi) is 5.87. The smallest absolute Gasteiger partial charge is 0.318 e. The molecule has 0 bridgehead atoms. The van der Waals surface area contributed by atoms with Gasteiger partial charge in [0.15, 0.2) is 0 Å². The fourth-order valence-corrected chi connectivity index (χ4v) is 3.90. The summed E-state index contributed by atoms with van der Waals surface area (Å²) in [6.07, 6.45) is 1.52. The maximum absolute atomic E-state index is 12.8. The third kappa shape index (κ3) is 4.57. The van der Waals surface area contributed by atoms with Crippen LogP contribution in [-0.2, 0) is 4.79 Å². The number of carbonyl (C=O) groups excluding carboxylic acids is 2. The van der Waals surface area contributed by atoms with E-state index in [9.17, 15) is 29.8 Å². The van der Waals surface area contributed by atoms with Crippen LogP contribution in [0, 0.1) is 20.2 Å². The zero-order valence-electron chi connectivity index (χ0n) is 16.6. The summed E-state index contributed by atoms with van der Waals surface area (Å²) in [5.74, 6) is -0.427. The summed E-state index contributed by atoms with van der Waals surface area (Å²) < 4.78 is 5.59. The van der Waals surface area contributed by atoms with Gasteiger partial charge in [-0.15, -0.1) is 0 Å². The lowest BCUT2D eigenvalue weighted by Crippen LogP contribution is -2.27. The molecule has 0 atom stereocenters. The van der Waals surface area contributed by atoms with Crippen molar-refractivity contribution >= 4 is 46.0 Å². The molecule has 0 aliphatic carbocycles. The molecule has 1 aliphatic heterocycles. The Morgan fingerprint density at radius 1 is 0.879 bits per heavy atom. The number of ether oxygens (including phenoxy) is 1. The van der Waals surface area contributed by atoms with E-state index in [1.165, 1.54) is 18.2 Å². The van der Waals surface area contributed by atoms with Gasteiger partial charge in [-0.05, 0) is 53.7 Å². The largest absolute Gasteiger partial charge is 0.450 e. The number of nitro benzene ring substituents is 2. The van der Waals surface area contributed by atoms with E-state index in [1.54, 1.807) is 42.5 Å². The minimum Gasteiger partial charge on any atom is -0.450 e. The summed E-state index contributed by atoms with van der Waals surface area (Å²) in [5.41, 5.74) is -0.00267. The van der Waals surface area contributed by atoms with E-state index in [1.807, 2.05) is 0 Å². The molecule has 0 N–H and O–H groups in total. The molecule has 3 aromatic rings. The first-order valence-electron chi connectivity index (χ1n) is 9.37. The van der Waals surface area contributed by atoms with Gasteiger partial charge in [-0.1, -0.05) is 30.3 Å². The Hall–Kier alpha value is -4.51. The Morgan fingerprint density at radius 2 is 1.64 bits per heavy atom. The number of amides is 2. The summed E-state index contributed by atoms with van der Waals surface area (Å²) in [6.45, 7) is 0. The number of hydrogen-bond acceptors (Lipinski definition) is 8. The normalized spacial score (nSPS) is 14.5. The van der Waals surface area contributed by atoms with Crippen LogP contribution in [0.3, 0.4) is 0 Å². The quantitative estimate of drug-likeness (QED) is 0.264. The van der Waals surface area contributed by atoms with Crippen molar-refractivity contribution in [3.05, 3.63) is 103 Å². The average Bonchev–Trinajstić information content (AvgIpc) is 3.07. The number of benzene rings is 3. The van der Waals surface area contributed by atoms with Gasteiger partial charge in [0.05, 0.1) is 26.5 Å². The van der Waals surface area contributed by atoms with Crippen molar-refractivity contribution in [2.45, 2.75) is 0 Å². The van der Waals surface area contributed by atoms with E-state index in [-0.39, 0.29) is 16.4 Å². The zero-order chi connectivity index (χ0) is 23.5. The van der Waals surface area contributed by atoms with Crippen molar-refractivity contribution in [3.8, 4) is 11.5 Å². The maximum Gasteiger partial charge on any atom is 0.318 e. The number of rotatable bonds is 6. The van der Waals surface area contributed by atoms with Gasteiger partial charge in [-0.2, -0.15) is 0 Å². The molecule has 33 heavy (non-hydrogen) atoms. The van der Waals surface area contributed by atoms with Crippen molar-refractivity contribution in [1.29, 1.82) is 0 Å². The molecular formula is C22H13N3O7S. The molecule has 0 saturated carbocycles. The number of imide groups is 1. The monoisotopic (exact) mass is 463 g/mol. The van der Waals surface area contributed by atoms with Crippen LogP contribution in [0.2, 0.25) is 0 Å². The molecule has 1 heterocycles. The lowest BCUT2D eigenvalue weighted by atomic mass is 10.2. The Labute approximate surface area is 190 Å². The first-order valence-corrected chi connectivity index (χ1v) is 10.2. The first kappa shape index (κ1) is 21.7. The topological polar surface area (TPSA) is 133 Å². The summed E-state index contributed by atoms with van der Waals surface area (Å²) in [4.78, 5) is 47.1. The average molecular weight is 463 g/mol. The number of nitrogens with zero attached hydrogens (tertiary/aromatic N) is 3. The van der Waals surface area contributed by atoms with Gasteiger partial charge in [0.2, 0.25) is 5.75 Å². The van der Waals surface area contributed by atoms with Gasteiger partial charge in [0, 0.05) is 6.07 Å². The number of non-ortho nitro benzene ring substituents is 1. The van der Waals surface area contributed by atoms with Crippen molar-refractivity contribution in [3.63, 3.8) is 0 Å². The Balaban J connectivity index is 1.60. The molecule has 164 valence electrons. The second kappa shape index (κ2) is 8.93. The number of anilines is 1. The second-order valence-electron chi connectivity index (χ2n) is 6.69. The van der Waals surface area contributed by atoms with Gasteiger partial charge in [-0.25, -0.2) is 4.90 Å². The lowest BCUT2D eigenvalue weighted by molar-refractivity contribution is -0.394. The minimum absolute atomic E-state index is 0.174. The Morgan fingerprint density at radius 3 is 2.33 bits per heavy atom. The van der Waals surface area contributed by atoms with Gasteiger partial charge in [0.1, 0.15) is 5.75 Å². The predicted octanol–water partition coefficient (Wildman–Crippen LogP) is 5.54. The van der Waals surface area contributed by atoms with Crippen molar-refractivity contribution in [2.75, 3.05) is 4.90 Å². The third-order valence-corrected chi connectivity index (χ3v) is 5.41. The van der Waals surface area contributed by atoms with Crippen LogP contribution in [0.4, 0.5) is 21.9 Å². The highest BCUT2D eigenvalue weighted by Gasteiger charge is 2.36. The fraction of sp³-hybridized carbons (Fsp3) is 0. The van der Waals surface area contributed by atoms with E-state index < -0.39 is 32.4 Å². The number of nitro groups is 2. The molecular weight excluding hydrogens is 450 g/mol. The summed E-state index contributed by atoms with van der Waals surface area (Å²) >= 11 is 0.797. The Bertz CT molecular complexity index is 1320. The molecule has 0 radical (unpaired) electrons. The van der Waals surface area contributed by atoms with E-state index >= 15 is 0 Å². The van der Waals surface area contributed by atoms with Gasteiger partial charge in [-0.3, -0.25) is 29.8 Å². The van der Waals surface area contributed by atoms with E-state index in [2.05, 4.69) is 0 Å². The van der Waals surface area contributed by atoms with Crippen molar-refractivity contribution in [1.82, 2.24) is 0 Å². The first-order chi connectivity index (χ1) is 15.8. The minimum atomic E-state index is -0.772. The van der Waals surface area contributed by atoms with Gasteiger partial charge in [0.25, 0.3) is 16.8 Å². The fourth-order valence-electron chi connectivity index (χ4n) is 3.06. The highest BCUT2D eigenvalue weighted by molar-refractivity contribution is 8.19. The predicted molar refractivity (Wildman–Crippen MR) is 121 cm³/mol.